The average Bonchev–Trinajstić information content (AvgIpc) is 2.51. The van der Waals surface area contributed by atoms with E-state index in [-0.39, 0.29) is 22.8 Å². The summed E-state index contributed by atoms with van der Waals surface area (Å²) in [6, 6.07) is 0. The molecule has 3 atom stereocenters. The Morgan fingerprint density at radius 1 is 1.15 bits per heavy atom. The lowest BCUT2D eigenvalue weighted by Gasteiger charge is -2.41. The Kier molecular flexibility index (Phi) is 7.68. The lowest BCUT2D eigenvalue weighted by molar-refractivity contribution is -0.163. The molecule has 5 heteroatoms. The van der Waals surface area contributed by atoms with E-state index in [9.17, 15) is 9.59 Å². The van der Waals surface area contributed by atoms with Crippen molar-refractivity contribution in [1.82, 2.24) is 0 Å². The first-order valence-electron chi connectivity index (χ1n) is 10.2. The number of esters is 1. The molecule has 0 radical (unpaired) electrons. The smallest absolute Gasteiger partial charge is 0.317 e. The molecule has 0 aromatic carbocycles. The van der Waals surface area contributed by atoms with Crippen molar-refractivity contribution < 1.29 is 18.8 Å². The van der Waals surface area contributed by atoms with E-state index in [1.165, 1.54) is 5.57 Å². The third-order valence-electron chi connectivity index (χ3n) is 5.82. The maximum absolute atomic E-state index is 13.2. The standard InChI is InChI=1S/C22H40O4Si/c1-15-11-13-17(20(24)25-21(3,4)5)19(23)16(2)18(14-12-15)26-27(9,10)22(6,7)8/h11,16-18H,12-14H2,1-10H3/b15-11-/t16?,17-,18-/m0/s1. The molecule has 1 aliphatic carbocycles. The molecule has 0 saturated heterocycles. The number of ketones is 1. The first-order valence-corrected chi connectivity index (χ1v) is 13.1. The van der Waals surface area contributed by atoms with Crippen LogP contribution in [-0.4, -0.2) is 31.8 Å². The molecule has 0 spiro atoms. The van der Waals surface area contributed by atoms with E-state index in [0.717, 1.165) is 12.8 Å². The quantitative estimate of drug-likeness (QED) is 0.267. The molecule has 0 bridgehead atoms. The summed E-state index contributed by atoms with van der Waals surface area (Å²) in [6.07, 6.45) is 3.97. The lowest BCUT2D eigenvalue weighted by Crippen LogP contribution is -2.47. The summed E-state index contributed by atoms with van der Waals surface area (Å²) in [4.78, 5) is 25.9. The molecule has 4 nitrogen and oxygen atoms in total. The van der Waals surface area contributed by atoms with E-state index in [1.807, 2.05) is 33.8 Å². The van der Waals surface area contributed by atoms with Gasteiger partial charge >= 0.3 is 5.97 Å². The lowest BCUT2D eigenvalue weighted by atomic mass is 9.87. The van der Waals surface area contributed by atoms with E-state index in [2.05, 4.69) is 40.8 Å². The van der Waals surface area contributed by atoms with Gasteiger partial charge in [0.15, 0.2) is 14.1 Å². The summed E-state index contributed by atoms with van der Waals surface area (Å²) >= 11 is 0. The topological polar surface area (TPSA) is 52.6 Å². The molecule has 0 saturated carbocycles. The van der Waals surface area contributed by atoms with Crippen molar-refractivity contribution in [1.29, 1.82) is 0 Å². The number of carbonyl (C=O) groups excluding carboxylic acids is 2. The maximum atomic E-state index is 13.2. The van der Waals surface area contributed by atoms with Gasteiger partial charge in [-0.1, -0.05) is 39.3 Å². The Hall–Kier alpha value is -0.943. The van der Waals surface area contributed by atoms with Gasteiger partial charge in [-0.05, 0) is 65.1 Å². The van der Waals surface area contributed by atoms with Crippen LogP contribution in [0.25, 0.3) is 0 Å². The summed E-state index contributed by atoms with van der Waals surface area (Å²) in [5, 5.41) is 0.0731. The number of Topliss-reactive ketones (excluding diaryl/α,β-unsaturated/α-hetero) is 1. The van der Waals surface area contributed by atoms with Crippen molar-refractivity contribution >= 4 is 20.1 Å². The number of rotatable bonds is 3. The van der Waals surface area contributed by atoms with Crippen molar-refractivity contribution in [3.63, 3.8) is 0 Å². The number of carbonyl (C=O) groups is 2. The third-order valence-corrected chi connectivity index (χ3v) is 10.3. The minimum absolute atomic E-state index is 0.0566. The van der Waals surface area contributed by atoms with Crippen molar-refractivity contribution in [2.24, 2.45) is 11.8 Å². The molecule has 1 unspecified atom stereocenters. The van der Waals surface area contributed by atoms with Crippen molar-refractivity contribution in [3.05, 3.63) is 11.6 Å². The van der Waals surface area contributed by atoms with Crippen molar-refractivity contribution in [3.8, 4) is 0 Å². The Labute approximate surface area is 167 Å². The molecule has 156 valence electrons. The Bertz CT molecular complexity index is 578. The number of ether oxygens (including phenoxy) is 1. The summed E-state index contributed by atoms with van der Waals surface area (Å²) in [5.74, 6) is -1.55. The van der Waals surface area contributed by atoms with E-state index in [4.69, 9.17) is 9.16 Å². The Morgan fingerprint density at radius 2 is 1.70 bits per heavy atom. The van der Waals surface area contributed by atoms with Crippen LogP contribution in [0.5, 0.6) is 0 Å². The van der Waals surface area contributed by atoms with Crippen LogP contribution in [0.2, 0.25) is 18.1 Å². The molecule has 1 aliphatic rings. The molecule has 0 aliphatic heterocycles. The van der Waals surface area contributed by atoms with Gasteiger partial charge in [-0.25, -0.2) is 0 Å². The maximum Gasteiger partial charge on any atom is 0.317 e. The van der Waals surface area contributed by atoms with Crippen LogP contribution >= 0.6 is 0 Å². The van der Waals surface area contributed by atoms with Gasteiger partial charge in [0.05, 0.1) is 6.10 Å². The normalized spacial score (nSPS) is 27.9. The number of hydrogen-bond acceptors (Lipinski definition) is 4. The van der Waals surface area contributed by atoms with Gasteiger partial charge in [-0.2, -0.15) is 0 Å². The summed E-state index contributed by atoms with van der Waals surface area (Å²) in [5.41, 5.74) is 0.601. The Balaban J connectivity index is 3.14. The molecule has 0 N–H and O–H groups in total. The molecule has 0 aromatic heterocycles. The van der Waals surface area contributed by atoms with Gasteiger partial charge < -0.3 is 9.16 Å². The fourth-order valence-electron chi connectivity index (χ4n) is 2.96. The third kappa shape index (κ3) is 6.86. The first-order chi connectivity index (χ1) is 12.0. The van der Waals surface area contributed by atoms with Gasteiger partial charge in [0.1, 0.15) is 11.5 Å². The number of allylic oxidation sites excluding steroid dienone is 2. The number of hydrogen-bond donors (Lipinski definition) is 0. The first kappa shape index (κ1) is 24.1. The van der Waals surface area contributed by atoms with Gasteiger partial charge in [0.2, 0.25) is 0 Å². The summed E-state index contributed by atoms with van der Waals surface area (Å²) in [6.45, 7) is 20.5. The van der Waals surface area contributed by atoms with Crippen molar-refractivity contribution in [2.45, 2.75) is 104 Å². The minimum Gasteiger partial charge on any atom is -0.459 e. The minimum atomic E-state index is -2.02. The second kappa shape index (κ2) is 8.60. The van der Waals surface area contributed by atoms with Crippen LogP contribution in [0.1, 0.15) is 74.7 Å². The highest BCUT2D eigenvalue weighted by Crippen LogP contribution is 2.39. The van der Waals surface area contributed by atoms with E-state index in [0.29, 0.717) is 6.42 Å². The molecule has 1 rings (SSSR count). The zero-order valence-corrected chi connectivity index (χ0v) is 20.1. The van der Waals surface area contributed by atoms with Crippen LogP contribution in [0.15, 0.2) is 11.6 Å². The van der Waals surface area contributed by atoms with Gasteiger partial charge in [-0.15, -0.1) is 0 Å². The van der Waals surface area contributed by atoms with Crippen LogP contribution < -0.4 is 0 Å². The van der Waals surface area contributed by atoms with Crippen molar-refractivity contribution in [2.75, 3.05) is 0 Å². The van der Waals surface area contributed by atoms with E-state index >= 15 is 0 Å². The second-order valence-electron chi connectivity index (χ2n) is 10.5. The van der Waals surface area contributed by atoms with Gasteiger partial charge in [-0.3, -0.25) is 9.59 Å². The zero-order valence-electron chi connectivity index (χ0n) is 19.1. The SMILES string of the molecule is C/C1=C/C[C@H](C(=O)OC(C)(C)C)C(=O)C(C)[C@@H](O[Si](C)(C)C(C)(C)C)CC1. The van der Waals surface area contributed by atoms with Crippen LogP contribution in [0, 0.1) is 11.8 Å². The highest BCUT2D eigenvalue weighted by atomic mass is 28.4. The molecule has 0 fully saturated rings. The molecule has 27 heavy (non-hydrogen) atoms. The largest absolute Gasteiger partial charge is 0.459 e. The monoisotopic (exact) mass is 396 g/mol. The highest BCUT2D eigenvalue weighted by molar-refractivity contribution is 6.74. The molecule has 0 amide bonds. The Morgan fingerprint density at radius 3 is 2.19 bits per heavy atom. The van der Waals surface area contributed by atoms with Crippen LogP contribution in [0.4, 0.5) is 0 Å². The van der Waals surface area contributed by atoms with E-state index < -0.39 is 25.8 Å². The predicted octanol–water partition coefficient (Wildman–Crippen LogP) is 5.67. The molecule has 0 heterocycles. The fraction of sp³-hybridized carbons (Fsp3) is 0.818. The van der Waals surface area contributed by atoms with E-state index in [1.54, 1.807) is 0 Å². The van der Waals surface area contributed by atoms with Gasteiger partial charge in [0, 0.05) is 5.92 Å². The molecule has 0 aromatic rings. The van der Waals surface area contributed by atoms with Crippen LogP contribution in [-0.2, 0) is 18.8 Å². The average molecular weight is 397 g/mol. The second-order valence-corrected chi connectivity index (χ2v) is 15.3. The van der Waals surface area contributed by atoms with Crippen LogP contribution in [0.3, 0.4) is 0 Å². The summed E-state index contributed by atoms with van der Waals surface area (Å²) in [7, 11) is -2.02. The van der Waals surface area contributed by atoms with Gasteiger partial charge in [0.25, 0.3) is 0 Å². The highest BCUT2D eigenvalue weighted by Gasteiger charge is 2.43. The zero-order chi connectivity index (χ0) is 21.2. The predicted molar refractivity (Wildman–Crippen MR) is 113 cm³/mol. The molecular weight excluding hydrogens is 356 g/mol. The summed E-state index contributed by atoms with van der Waals surface area (Å²) < 4.78 is 12.2. The molecular formula is C22H40O4Si. The fourth-order valence-corrected chi connectivity index (χ4v) is 4.39.